The fraction of sp³-hybridized carbons (Fsp3) is 0.0870. The van der Waals surface area contributed by atoms with Gasteiger partial charge in [0.2, 0.25) is 0 Å². The molecule has 0 amide bonds. The molecule has 0 saturated carbocycles. The Labute approximate surface area is 168 Å². The van der Waals surface area contributed by atoms with E-state index in [2.05, 4.69) is 64.5 Å². The van der Waals surface area contributed by atoms with Gasteiger partial charge in [0.25, 0.3) is 0 Å². The molecule has 0 aliphatic rings. The van der Waals surface area contributed by atoms with Gasteiger partial charge in [-0.25, -0.2) is 4.99 Å². The summed E-state index contributed by atoms with van der Waals surface area (Å²) in [5, 5.41) is 2.91. The van der Waals surface area contributed by atoms with Crippen LogP contribution in [0.3, 0.4) is 0 Å². The van der Waals surface area contributed by atoms with Gasteiger partial charge in [0.15, 0.2) is 4.80 Å². The highest BCUT2D eigenvalue weighted by Crippen LogP contribution is 2.21. The van der Waals surface area contributed by atoms with E-state index >= 15 is 0 Å². The van der Waals surface area contributed by atoms with Crippen LogP contribution in [0.25, 0.3) is 11.3 Å². The molecule has 27 heavy (non-hydrogen) atoms. The lowest BCUT2D eigenvalue weighted by Gasteiger charge is -2.09. The van der Waals surface area contributed by atoms with Gasteiger partial charge in [0.05, 0.1) is 11.4 Å². The summed E-state index contributed by atoms with van der Waals surface area (Å²) in [6.07, 6.45) is 0.964. The van der Waals surface area contributed by atoms with Crippen molar-refractivity contribution in [3.8, 4) is 11.3 Å². The summed E-state index contributed by atoms with van der Waals surface area (Å²) < 4.78 is 2.31. The number of hydrogen-bond acceptors (Lipinski definition) is 2. The Balaban J connectivity index is 1.74. The van der Waals surface area contributed by atoms with Crippen molar-refractivity contribution in [3.63, 3.8) is 0 Å². The number of rotatable bonds is 5. The number of aromatic nitrogens is 1. The summed E-state index contributed by atoms with van der Waals surface area (Å²) in [5.74, 6) is 0. The summed E-state index contributed by atoms with van der Waals surface area (Å²) in [5.41, 5.74) is 4.64. The topological polar surface area (TPSA) is 17.3 Å². The molecule has 3 aromatic carbocycles. The first kappa shape index (κ1) is 17.8. The molecule has 1 heterocycles. The zero-order valence-electron chi connectivity index (χ0n) is 14.8. The van der Waals surface area contributed by atoms with E-state index in [-0.39, 0.29) is 0 Å². The highest BCUT2D eigenvalue weighted by Gasteiger charge is 2.08. The minimum atomic E-state index is 0.724. The third-order valence-electron chi connectivity index (χ3n) is 4.39. The van der Waals surface area contributed by atoms with Gasteiger partial charge in [0.1, 0.15) is 0 Å². The first-order chi connectivity index (χ1) is 13.3. The third kappa shape index (κ3) is 4.38. The lowest BCUT2D eigenvalue weighted by molar-refractivity contribution is 0.684. The zero-order valence-corrected chi connectivity index (χ0v) is 16.3. The average Bonchev–Trinajstić information content (AvgIpc) is 3.12. The van der Waals surface area contributed by atoms with E-state index in [0.717, 1.165) is 28.5 Å². The summed E-state index contributed by atoms with van der Waals surface area (Å²) in [7, 11) is 0. The van der Waals surface area contributed by atoms with E-state index in [4.69, 9.17) is 16.6 Å². The largest absolute Gasteiger partial charge is 0.316 e. The van der Waals surface area contributed by atoms with Crippen molar-refractivity contribution < 1.29 is 0 Å². The first-order valence-corrected chi connectivity index (χ1v) is 10.1. The molecule has 0 radical (unpaired) electrons. The molecular weight excluding hydrogens is 372 g/mol. The van der Waals surface area contributed by atoms with Crippen molar-refractivity contribution in [3.05, 3.63) is 106 Å². The van der Waals surface area contributed by atoms with Gasteiger partial charge in [0, 0.05) is 16.9 Å². The van der Waals surface area contributed by atoms with E-state index in [1.54, 1.807) is 11.3 Å². The van der Waals surface area contributed by atoms with Gasteiger partial charge in [-0.15, -0.1) is 11.3 Å². The minimum absolute atomic E-state index is 0.724. The van der Waals surface area contributed by atoms with Crippen LogP contribution in [0.15, 0.2) is 95.3 Å². The Morgan fingerprint density at radius 3 is 2.19 bits per heavy atom. The van der Waals surface area contributed by atoms with Gasteiger partial charge >= 0.3 is 0 Å². The van der Waals surface area contributed by atoms with Crippen molar-refractivity contribution in [2.24, 2.45) is 4.99 Å². The second-order valence-corrected chi connectivity index (χ2v) is 7.52. The van der Waals surface area contributed by atoms with Crippen LogP contribution in [0, 0.1) is 0 Å². The third-order valence-corrected chi connectivity index (χ3v) is 5.50. The minimum Gasteiger partial charge on any atom is -0.316 e. The predicted molar refractivity (Wildman–Crippen MR) is 115 cm³/mol. The molecule has 0 aliphatic heterocycles. The normalized spacial score (nSPS) is 11.7. The Bertz CT molecular complexity index is 1060. The van der Waals surface area contributed by atoms with Crippen molar-refractivity contribution in [1.82, 2.24) is 4.57 Å². The molecule has 4 aromatic rings. The second-order valence-electron chi connectivity index (χ2n) is 6.24. The SMILES string of the molecule is Clc1ccc(N=c2scc(-c3ccccc3)n2CCc2ccccc2)cc1. The van der Waals surface area contributed by atoms with Crippen LogP contribution < -0.4 is 4.80 Å². The maximum Gasteiger partial charge on any atom is 0.190 e. The summed E-state index contributed by atoms with van der Waals surface area (Å²) in [6.45, 7) is 0.879. The van der Waals surface area contributed by atoms with Crippen molar-refractivity contribution in [2.75, 3.05) is 0 Å². The summed E-state index contributed by atoms with van der Waals surface area (Å²) >= 11 is 7.67. The molecule has 0 unspecified atom stereocenters. The zero-order chi connectivity index (χ0) is 18.5. The Kier molecular flexibility index (Phi) is 5.52. The molecular formula is C23H19ClN2S. The molecule has 134 valence electrons. The van der Waals surface area contributed by atoms with Gasteiger partial charge in [-0.3, -0.25) is 0 Å². The highest BCUT2D eigenvalue weighted by atomic mass is 35.5. The fourth-order valence-corrected chi connectivity index (χ4v) is 4.07. The molecule has 0 saturated heterocycles. The maximum atomic E-state index is 6.00. The van der Waals surface area contributed by atoms with Crippen LogP contribution >= 0.6 is 22.9 Å². The maximum absolute atomic E-state index is 6.00. The Hall–Kier alpha value is -2.62. The van der Waals surface area contributed by atoms with Gasteiger partial charge in [-0.1, -0.05) is 72.3 Å². The van der Waals surface area contributed by atoms with E-state index in [1.165, 1.54) is 16.8 Å². The number of nitrogens with zero attached hydrogens (tertiary/aromatic N) is 2. The number of thiazole rings is 1. The van der Waals surface area contributed by atoms with Crippen LogP contribution in [-0.2, 0) is 13.0 Å². The molecule has 0 fully saturated rings. The Morgan fingerprint density at radius 2 is 1.48 bits per heavy atom. The van der Waals surface area contributed by atoms with Gasteiger partial charge < -0.3 is 4.57 Å². The predicted octanol–water partition coefficient (Wildman–Crippen LogP) is 6.35. The van der Waals surface area contributed by atoms with Crippen LogP contribution in [0.1, 0.15) is 5.56 Å². The number of aryl methyl sites for hydroxylation is 1. The fourth-order valence-electron chi connectivity index (χ4n) is 2.99. The smallest absolute Gasteiger partial charge is 0.190 e. The lowest BCUT2D eigenvalue weighted by atomic mass is 10.1. The van der Waals surface area contributed by atoms with Gasteiger partial charge in [-0.2, -0.15) is 0 Å². The van der Waals surface area contributed by atoms with Crippen molar-refractivity contribution in [2.45, 2.75) is 13.0 Å². The molecule has 0 atom stereocenters. The molecule has 2 nitrogen and oxygen atoms in total. The van der Waals surface area contributed by atoms with Crippen LogP contribution in [0.4, 0.5) is 5.69 Å². The molecule has 0 N–H and O–H groups in total. The van der Waals surface area contributed by atoms with E-state index in [1.807, 2.05) is 30.3 Å². The second kappa shape index (κ2) is 8.38. The first-order valence-electron chi connectivity index (χ1n) is 8.87. The number of halogens is 1. The molecule has 1 aromatic heterocycles. The average molecular weight is 391 g/mol. The monoisotopic (exact) mass is 390 g/mol. The van der Waals surface area contributed by atoms with Gasteiger partial charge in [-0.05, 0) is 41.8 Å². The molecule has 0 aliphatic carbocycles. The summed E-state index contributed by atoms with van der Waals surface area (Å²) in [4.78, 5) is 5.86. The molecule has 0 bridgehead atoms. The number of benzene rings is 3. The van der Waals surface area contributed by atoms with E-state index in [9.17, 15) is 0 Å². The van der Waals surface area contributed by atoms with Crippen molar-refractivity contribution >= 4 is 28.6 Å². The molecule has 0 spiro atoms. The molecule has 4 heteroatoms. The van der Waals surface area contributed by atoms with Crippen molar-refractivity contribution in [1.29, 1.82) is 0 Å². The highest BCUT2D eigenvalue weighted by molar-refractivity contribution is 7.07. The van der Waals surface area contributed by atoms with Crippen LogP contribution in [0.2, 0.25) is 5.02 Å². The van der Waals surface area contributed by atoms with E-state index in [0.29, 0.717) is 0 Å². The number of hydrogen-bond donors (Lipinski definition) is 0. The molecule has 4 rings (SSSR count). The van der Waals surface area contributed by atoms with E-state index < -0.39 is 0 Å². The standard InChI is InChI=1S/C23H19ClN2S/c24-20-11-13-21(14-12-20)25-23-26(16-15-18-7-3-1-4-8-18)22(17-27-23)19-9-5-2-6-10-19/h1-14,17H,15-16H2. The summed E-state index contributed by atoms with van der Waals surface area (Å²) in [6, 6.07) is 28.7. The quantitative estimate of drug-likeness (QED) is 0.378. The van der Waals surface area contributed by atoms with Crippen LogP contribution in [-0.4, -0.2) is 4.57 Å². The van der Waals surface area contributed by atoms with Crippen LogP contribution in [0.5, 0.6) is 0 Å². The lowest BCUT2D eigenvalue weighted by Crippen LogP contribution is -2.17. The Morgan fingerprint density at radius 1 is 0.815 bits per heavy atom.